The molecule has 138 valence electrons. The predicted molar refractivity (Wildman–Crippen MR) is 108 cm³/mol. The van der Waals surface area contributed by atoms with Crippen molar-refractivity contribution in [3.8, 4) is 11.5 Å². The summed E-state index contributed by atoms with van der Waals surface area (Å²) in [6, 6.07) is 21.3. The number of anilines is 1. The first kappa shape index (κ1) is 18.8. The highest BCUT2D eigenvalue weighted by Gasteiger charge is 2.23. The number of hydrogen-bond donors (Lipinski definition) is 2. The summed E-state index contributed by atoms with van der Waals surface area (Å²) in [6.45, 7) is 4.22. The number of rotatable bonds is 4. The summed E-state index contributed by atoms with van der Waals surface area (Å²) in [5, 5.41) is 12.8. The maximum atomic E-state index is 12.0. The molecule has 0 heterocycles. The number of hydrogen-bond acceptors (Lipinski definition) is 3. The Balaban J connectivity index is 1.68. The zero-order valence-corrected chi connectivity index (χ0v) is 15.8. The van der Waals surface area contributed by atoms with Gasteiger partial charge in [0.15, 0.2) is 0 Å². The van der Waals surface area contributed by atoms with Crippen molar-refractivity contribution in [3.63, 3.8) is 0 Å². The molecule has 0 spiro atoms. The van der Waals surface area contributed by atoms with E-state index in [0.717, 1.165) is 11.1 Å². The number of amides is 1. The van der Waals surface area contributed by atoms with Crippen LogP contribution in [-0.2, 0) is 5.41 Å². The van der Waals surface area contributed by atoms with Crippen LogP contribution in [0.3, 0.4) is 0 Å². The third-order valence-corrected chi connectivity index (χ3v) is 4.72. The second-order valence-electron chi connectivity index (χ2n) is 6.72. The van der Waals surface area contributed by atoms with Crippen molar-refractivity contribution < 1.29 is 14.6 Å². The van der Waals surface area contributed by atoms with Crippen LogP contribution >= 0.6 is 11.6 Å². The van der Waals surface area contributed by atoms with Gasteiger partial charge in [-0.2, -0.15) is 0 Å². The van der Waals surface area contributed by atoms with Crippen LogP contribution in [0.5, 0.6) is 11.5 Å². The molecule has 0 unspecified atom stereocenters. The van der Waals surface area contributed by atoms with Crippen LogP contribution in [0.15, 0.2) is 72.8 Å². The first-order valence-corrected chi connectivity index (χ1v) is 8.87. The Labute approximate surface area is 163 Å². The number of phenolic OH excluding ortho intramolecular Hbond substituents is 1. The minimum absolute atomic E-state index is 0.240. The van der Waals surface area contributed by atoms with Crippen molar-refractivity contribution in [1.29, 1.82) is 0 Å². The number of aromatic hydroxyl groups is 1. The topological polar surface area (TPSA) is 58.6 Å². The molecule has 1 amide bonds. The molecule has 0 radical (unpaired) electrons. The molecule has 0 saturated heterocycles. The van der Waals surface area contributed by atoms with Gasteiger partial charge in [0.1, 0.15) is 11.5 Å². The standard InChI is InChI=1S/C22H20ClNO3/c1-22(2,16-5-11-19(25)12-6-16)15-3-9-18(10-4-15)24-21(26)27-20-13-7-17(23)8-14-20/h3-14,25H,1-2H3,(H,24,26). The van der Waals surface area contributed by atoms with Gasteiger partial charge in [-0.3, -0.25) is 5.32 Å². The van der Waals surface area contributed by atoms with Crippen molar-refractivity contribution in [3.05, 3.63) is 88.9 Å². The largest absolute Gasteiger partial charge is 0.508 e. The van der Waals surface area contributed by atoms with E-state index in [1.165, 1.54) is 0 Å². The quantitative estimate of drug-likeness (QED) is 0.584. The lowest BCUT2D eigenvalue weighted by molar-refractivity contribution is 0.215. The summed E-state index contributed by atoms with van der Waals surface area (Å²) in [5.41, 5.74) is 2.57. The Hall–Kier alpha value is -2.98. The molecule has 0 aromatic heterocycles. The van der Waals surface area contributed by atoms with Crippen molar-refractivity contribution >= 4 is 23.4 Å². The highest BCUT2D eigenvalue weighted by molar-refractivity contribution is 6.30. The molecule has 4 nitrogen and oxygen atoms in total. The van der Waals surface area contributed by atoms with Crippen molar-refractivity contribution in [2.75, 3.05) is 5.32 Å². The number of carbonyl (C=O) groups is 1. The van der Waals surface area contributed by atoms with Crippen LogP contribution in [0.25, 0.3) is 0 Å². The highest BCUT2D eigenvalue weighted by atomic mass is 35.5. The van der Waals surface area contributed by atoms with E-state index in [1.54, 1.807) is 36.4 Å². The van der Waals surface area contributed by atoms with E-state index in [0.29, 0.717) is 16.5 Å². The van der Waals surface area contributed by atoms with Gasteiger partial charge in [0.25, 0.3) is 0 Å². The molecule has 0 saturated carbocycles. The van der Waals surface area contributed by atoms with Gasteiger partial charge in [0.2, 0.25) is 0 Å². The summed E-state index contributed by atoms with van der Waals surface area (Å²) >= 11 is 5.81. The fraction of sp³-hybridized carbons (Fsp3) is 0.136. The molecule has 3 aromatic carbocycles. The Bertz CT molecular complexity index is 917. The monoisotopic (exact) mass is 381 g/mol. The van der Waals surface area contributed by atoms with Crippen LogP contribution < -0.4 is 10.1 Å². The summed E-state index contributed by atoms with van der Waals surface area (Å²) in [6.07, 6.45) is -0.567. The highest BCUT2D eigenvalue weighted by Crippen LogP contribution is 2.32. The lowest BCUT2D eigenvalue weighted by Gasteiger charge is -2.26. The molecular weight excluding hydrogens is 362 g/mol. The van der Waals surface area contributed by atoms with Crippen LogP contribution in [0, 0.1) is 0 Å². The maximum absolute atomic E-state index is 12.0. The van der Waals surface area contributed by atoms with Gasteiger partial charge in [0.05, 0.1) is 0 Å². The minimum Gasteiger partial charge on any atom is -0.508 e. The van der Waals surface area contributed by atoms with E-state index >= 15 is 0 Å². The van der Waals surface area contributed by atoms with E-state index in [9.17, 15) is 9.90 Å². The molecule has 5 heteroatoms. The third kappa shape index (κ3) is 4.60. The fourth-order valence-electron chi connectivity index (χ4n) is 2.77. The second-order valence-corrected chi connectivity index (χ2v) is 7.15. The number of halogens is 1. The summed E-state index contributed by atoms with van der Waals surface area (Å²) in [4.78, 5) is 12.0. The maximum Gasteiger partial charge on any atom is 0.417 e. The van der Waals surface area contributed by atoms with Crippen molar-refractivity contribution in [2.45, 2.75) is 19.3 Å². The Morgan fingerprint density at radius 3 is 1.96 bits per heavy atom. The van der Waals surface area contributed by atoms with E-state index < -0.39 is 6.09 Å². The Morgan fingerprint density at radius 2 is 1.41 bits per heavy atom. The van der Waals surface area contributed by atoms with Gasteiger partial charge in [-0.15, -0.1) is 0 Å². The van der Waals surface area contributed by atoms with Gasteiger partial charge in [-0.05, 0) is 59.7 Å². The zero-order chi connectivity index (χ0) is 19.4. The number of carbonyl (C=O) groups excluding carboxylic acids is 1. The lowest BCUT2D eigenvalue weighted by atomic mass is 9.78. The van der Waals surface area contributed by atoms with Gasteiger partial charge < -0.3 is 9.84 Å². The number of nitrogens with one attached hydrogen (secondary N) is 1. The molecule has 27 heavy (non-hydrogen) atoms. The van der Waals surface area contributed by atoms with Crippen LogP contribution in [0.1, 0.15) is 25.0 Å². The summed E-state index contributed by atoms with van der Waals surface area (Å²) in [7, 11) is 0. The van der Waals surface area contributed by atoms with Gasteiger partial charge in [-0.25, -0.2) is 4.79 Å². The average Bonchev–Trinajstić information content (AvgIpc) is 2.64. The number of benzene rings is 3. The SMILES string of the molecule is CC(C)(c1ccc(O)cc1)c1ccc(NC(=O)Oc2ccc(Cl)cc2)cc1. The molecule has 0 aliphatic carbocycles. The molecule has 0 atom stereocenters. The second kappa shape index (κ2) is 7.72. The molecule has 3 rings (SSSR count). The van der Waals surface area contributed by atoms with Gasteiger partial charge >= 0.3 is 6.09 Å². The molecular formula is C22H20ClNO3. The lowest BCUT2D eigenvalue weighted by Crippen LogP contribution is -2.19. The van der Waals surface area contributed by atoms with E-state index in [1.807, 2.05) is 36.4 Å². The van der Waals surface area contributed by atoms with Crippen LogP contribution in [-0.4, -0.2) is 11.2 Å². The molecule has 3 aromatic rings. The molecule has 0 aliphatic heterocycles. The zero-order valence-electron chi connectivity index (χ0n) is 15.1. The third-order valence-electron chi connectivity index (χ3n) is 4.47. The van der Waals surface area contributed by atoms with Crippen LogP contribution in [0.2, 0.25) is 5.02 Å². The van der Waals surface area contributed by atoms with Crippen molar-refractivity contribution in [2.24, 2.45) is 0 Å². The minimum atomic E-state index is -0.567. The van der Waals surface area contributed by atoms with Gasteiger partial charge in [-0.1, -0.05) is 49.7 Å². The molecule has 0 aliphatic rings. The smallest absolute Gasteiger partial charge is 0.417 e. The van der Waals surface area contributed by atoms with E-state index in [-0.39, 0.29) is 11.2 Å². The Morgan fingerprint density at radius 1 is 0.889 bits per heavy atom. The van der Waals surface area contributed by atoms with E-state index in [4.69, 9.17) is 16.3 Å². The molecule has 0 bridgehead atoms. The number of ether oxygens (including phenoxy) is 1. The predicted octanol–water partition coefficient (Wildman–Crippen LogP) is 5.98. The first-order chi connectivity index (χ1) is 12.8. The summed E-state index contributed by atoms with van der Waals surface area (Å²) < 4.78 is 5.22. The van der Waals surface area contributed by atoms with Crippen molar-refractivity contribution in [1.82, 2.24) is 0 Å². The Kier molecular flexibility index (Phi) is 5.38. The summed E-state index contributed by atoms with van der Waals surface area (Å²) in [5.74, 6) is 0.662. The van der Waals surface area contributed by atoms with Gasteiger partial charge in [0, 0.05) is 16.1 Å². The molecule has 2 N–H and O–H groups in total. The first-order valence-electron chi connectivity index (χ1n) is 8.49. The van der Waals surface area contributed by atoms with Crippen LogP contribution in [0.4, 0.5) is 10.5 Å². The fourth-order valence-corrected chi connectivity index (χ4v) is 2.89. The molecule has 0 fully saturated rings. The van der Waals surface area contributed by atoms with E-state index in [2.05, 4.69) is 19.2 Å². The normalized spacial score (nSPS) is 11.1. The average molecular weight is 382 g/mol. The number of phenols is 1.